The number of ether oxygens (including phenoxy) is 1. The fraction of sp³-hybridized carbons (Fsp3) is 0.400. The molecule has 0 radical (unpaired) electrons. The van der Waals surface area contributed by atoms with Gasteiger partial charge in [0, 0.05) is 5.92 Å². The maximum atomic E-state index is 12.5. The maximum Gasteiger partial charge on any atom is 0.308 e. The van der Waals surface area contributed by atoms with E-state index >= 15 is 0 Å². The van der Waals surface area contributed by atoms with Crippen LogP contribution in [0.25, 0.3) is 21.5 Å². The van der Waals surface area contributed by atoms with Crippen molar-refractivity contribution in [3.05, 3.63) is 60.2 Å². The van der Waals surface area contributed by atoms with Gasteiger partial charge in [0.15, 0.2) is 0 Å². The predicted octanol–water partition coefficient (Wildman–Crippen LogP) is 6.61. The van der Waals surface area contributed by atoms with Crippen molar-refractivity contribution in [3.8, 4) is 0 Å². The Balaban J connectivity index is 1.83. The fourth-order valence-electron chi connectivity index (χ4n) is 4.45. The van der Waals surface area contributed by atoms with Crippen molar-refractivity contribution in [1.82, 2.24) is 0 Å². The third-order valence-electron chi connectivity index (χ3n) is 6.17. The van der Waals surface area contributed by atoms with Crippen LogP contribution in [0, 0.1) is 5.92 Å². The van der Waals surface area contributed by atoms with Crippen molar-refractivity contribution < 1.29 is 9.53 Å². The van der Waals surface area contributed by atoms with Gasteiger partial charge in [0.05, 0.1) is 5.92 Å². The second-order valence-corrected chi connectivity index (χ2v) is 7.91. The minimum atomic E-state index is -0.0426. The molecule has 140 valence electrons. The highest BCUT2D eigenvalue weighted by atomic mass is 16.5. The fourth-order valence-corrected chi connectivity index (χ4v) is 4.45. The molecule has 0 amide bonds. The maximum absolute atomic E-state index is 12.5. The van der Waals surface area contributed by atoms with E-state index in [0.29, 0.717) is 0 Å². The number of hydrogen-bond donors (Lipinski definition) is 0. The Hall–Kier alpha value is -2.35. The van der Waals surface area contributed by atoms with Crippen molar-refractivity contribution in [2.75, 3.05) is 0 Å². The van der Waals surface area contributed by atoms with Gasteiger partial charge in [-0.25, -0.2) is 0 Å². The summed E-state index contributed by atoms with van der Waals surface area (Å²) in [5.41, 5.74) is 1.37. The molecule has 2 heteroatoms. The van der Waals surface area contributed by atoms with Crippen molar-refractivity contribution >= 4 is 27.5 Å². The quantitative estimate of drug-likeness (QED) is 0.386. The smallest absolute Gasteiger partial charge is 0.308 e. The summed E-state index contributed by atoms with van der Waals surface area (Å²) in [5, 5.41) is 5.13. The zero-order valence-electron chi connectivity index (χ0n) is 16.3. The molecular weight excluding hydrogens is 332 g/mol. The van der Waals surface area contributed by atoms with Crippen molar-refractivity contribution in [2.24, 2.45) is 5.92 Å². The number of rotatable bonds is 4. The average molecular weight is 360 g/mol. The largest absolute Gasteiger partial charge is 0.462 e. The molecule has 1 saturated carbocycles. The predicted molar refractivity (Wildman–Crippen MR) is 112 cm³/mol. The van der Waals surface area contributed by atoms with E-state index in [-0.39, 0.29) is 23.9 Å². The molecule has 27 heavy (non-hydrogen) atoms. The summed E-state index contributed by atoms with van der Waals surface area (Å²) in [4.78, 5) is 12.5. The van der Waals surface area contributed by atoms with Gasteiger partial charge in [0.1, 0.15) is 6.10 Å². The van der Waals surface area contributed by atoms with E-state index in [1.807, 2.05) is 13.8 Å². The Kier molecular flexibility index (Phi) is 5.15. The minimum absolute atomic E-state index is 0.0190. The van der Waals surface area contributed by atoms with Crippen molar-refractivity contribution in [1.29, 1.82) is 0 Å². The lowest BCUT2D eigenvalue weighted by Crippen LogP contribution is -2.31. The molecule has 0 aliphatic heterocycles. The van der Waals surface area contributed by atoms with Gasteiger partial charge < -0.3 is 4.74 Å². The Morgan fingerprint density at radius 2 is 1.59 bits per heavy atom. The molecule has 2 nitrogen and oxygen atoms in total. The molecule has 0 aromatic heterocycles. The van der Waals surface area contributed by atoms with Gasteiger partial charge in [0.2, 0.25) is 0 Å². The number of carbonyl (C=O) groups excluding carboxylic acids is 1. The molecular formula is C25H28O2. The highest BCUT2D eigenvalue weighted by molar-refractivity contribution is 6.02. The normalized spacial score (nSPS) is 21.3. The summed E-state index contributed by atoms with van der Waals surface area (Å²) in [6.07, 6.45) is 5.18. The molecule has 4 rings (SSSR count). The van der Waals surface area contributed by atoms with Gasteiger partial charge in [-0.05, 0) is 58.9 Å². The zero-order valence-corrected chi connectivity index (χ0v) is 16.3. The SMILES string of the molecule is CC[C@H](C)C(=O)O[C@@H]1CCCC[C@H]1c1c2ccccc2cc2ccccc12. The van der Waals surface area contributed by atoms with E-state index < -0.39 is 0 Å². The van der Waals surface area contributed by atoms with Gasteiger partial charge >= 0.3 is 5.97 Å². The topological polar surface area (TPSA) is 26.3 Å². The van der Waals surface area contributed by atoms with E-state index in [1.54, 1.807) is 0 Å². The van der Waals surface area contributed by atoms with E-state index in [2.05, 4.69) is 54.6 Å². The van der Waals surface area contributed by atoms with E-state index in [9.17, 15) is 4.79 Å². The highest BCUT2D eigenvalue weighted by Crippen LogP contribution is 2.42. The monoisotopic (exact) mass is 360 g/mol. The number of hydrogen-bond acceptors (Lipinski definition) is 2. The van der Waals surface area contributed by atoms with Gasteiger partial charge in [0.25, 0.3) is 0 Å². The number of fused-ring (bicyclic) bond motifs is 2. The Labute approximate surface area is 161 Å². The first-order valence-electron chi connectivity index (χ1n) is 10.3. The molecule has 1 aliphatic rings. The minimum Gasteiger partial charge on any atom is -0.462 e. The molecule has 3 aromatic rings. The van der Waals surface area contributed by atoms with Crippen LogP contribution in [0.4, 0.5) is 0 Å². The average Bonchev–Trinajstić information content (AvgIpc) is 2.72. The molecule has 0 heterocycles. The van der Waals surface area contributed by atoms with Crippen molar-refractivity contribution in [2.45, 2.75) is 58.0 Å². The summed E-state index contributed by atoms with van der Waals surface area (Å²) in [6.45, 7) is 4.01. The van der Waals surface area contributed by atoms with E-state index in [4.69, 9.17) is 4.74 Å². The first kappa shape index (κ1) is 18.0. The molecule has 0 saturated heterocycles. The van der Waals surface area contributed by atoms with Gasteiger partial charge in [-0.15, -0.1) is 0 Å². The Bertz CT molecular complexity index is 905. The van der Waals surface area contributed by atoms with Crippen LogP contribution in [0.15, 0.2) is 54.6 Å². The standard InChI is InChI=1S/C25H28O2/c1-3-17(2)25(26)27-23-15-9-8-14-22(23)24-20-12-6-4-10-18(20)16-19-11-5-7-13-21(19)24/h4-7,10-13,16-17,22-23H,3,8-9,14-15H2,1-2H3/t17-,22+,23+/m0/s1. The molecule has 0 spiro atoms. The van der Waals surface area contributed by atoms with Crippen LogP contribution < -0.4 is 0 Å². The molecule has 1 aliphatic carbocycles. The second kappa shape index (κ2) is 7.72. The lowest BCUT2D eigenvalue weighted by Gasteiger charge is -2.33. The van der Waals surface area contributed by atoms with E-state index in [0.717, 1.165) is 25.7 Å². The molecule has 3 atom stereocenters. The summed E-state index contributed by atoms with van der Waals surface area (Å²) < 4.78 is 6.07. The summed E-state index contributed by atoms with van der Waals surface area (Å²) in [7, 11) is 0. The van der Waals surface area contributed by atoms with Crippen LogP contribution in [-0.2, 0) is 9.53 Å². The first-order chi connectivity index (χ1) is 13.2. The molecule has 0 unspecified atom stereocenters. The third kappa shape index (κ3) is 3.45. The lowest BCUT2D eigenvalue weighted by molar-refractivity contribution is -0.156. The summed E-state index contributed by atoms with van der Waals surface area (Å²) in [6, 6.07) is 19.5. The number of carbonyl (C=O) groups is 1. The van der Waals surface area contributed by atoms with Crippen LogP contribution >= 0.6 is 0 Å². The van der Waals surface area contributed by atoms with Crippen LogP contribution in [0.2, 0.25) is 0 Å². The second-order valence-electron chi connectivity index (χ2n) is 7.91. The van der Waals surface area contributed by atoms with Gasteiger partial charge in [-0.1, -0.05) is 68.8 Å². The summed E-state index contributed by atoms with van der Waals surface area (Å²) in [5.74, 6) is 0.193. The van der Waals surface area contributed by atoms with Crippen LogP contribution in [0.1, 0.15) is 57.4 Å². The number of esters is 1. The first-order valence-corrected chi connectivity index (χ1v) is 10.3. The van der Waals surface area contributed by atoms with Crippen molar-refractivity contribution in [3.63, 3.8) is 0 Å². The summed E-state index contributed by atoms with van der Waals surface area (Å²) >= 11 is 0. The zero-order chi connectivity index (χ0) is 18.8. The van der Waals surface area contributed by atoms with E-state index in [1.165, 1.54) is 33.5 Å². The van der Waals surface area contributed by atoms with Crippen LogP contribution in [0.5, 0.6) is 0 Å². The molecule has 0 N–H and O–H groups in total. The highest BCUT2D eigenvalue weighted by Gasteiger charge is 2.32. The molecule has 1 fully saturated rings. The Morgan fingerprint density at radius 3 is 2.22 bits per heavy atom. The molecule has 3 aromatic carbocycles. The lowest BCUT2D eigenvalue weighted by atomic mass is 9.77. The van der Waals surface area contributed by atoms with Gasteiger partial charge in [-0.3, -0.25) is 4.79 Å². The Morgan fingerprint density at radius 1 is 1.00 bits per heavy atom. The molecule has 0 bridgehead atoms. The third-order valence-corrected chi connectivity index (χ3v) is 6.17. The van der Waals surface area contributed by atoms with Crippen LogP contribution in [0.3, 0.4) is 0 Å². The van der Waals surface area contributed by atoms with Gasteiger partial charge in [-0.2, -0.15) is 0 Å². The van der Waals surface area contributed by atoms with Crippen LogP contribution in [-0.4, -0.2) is 12.1 Å². The number of benzene rings is 3.